The van der Waals surface area contributed by atoms with Crippen molar-refractivity contribution in [3.63, 3.8) is 0 Å². The predicted octanol–water partition coefficient (Wildman–Crippen LogP) is 13.1. The first-order valence-corrected chi connectivity index (χ1v) is 31.3. The highest BCUT2D eigenvalue weighted by Gasteiger charge is 2.37. The molecule has 0 spiro atoms. The minimum atomic E-state index is -4.49. The molecule has 5 aromatic heterocycles. The van der Waals surface area contributed by atoms with Gasteiger partial charge in [-0.15, -0.1) is 11.3 Å². The molecule has 20 nitrogen and oxygen atoms in total. The van der Waals surface area contributed by atoms with Crippen molar-refractivity contribution in [2.24, 2.45) is 0 Å². The molecule has 1 atom stereocenters. The number of benzene rings is 5. The van der Waals surface area contributed by atoms with Gasteiger partial charge in [-0.2, -0.15) is 28.1 Å². The molecular weight excluding hydrogens is 1210 g/mol. The Morgan fingerprint density at radius 1 is 0.609 bits per heavy atom. The van der Waals surface area contributed by atoms with Crippen molar-refractivity contribution in [3.05, 3.63) is 161 Å². The maximum atomic E-state index is 13.6. The highest BCUT2D eigenvalue weighted by atomic mass is 32.1. The number of aromatic nitrogens is 7. The molecule has 11 rings (SSSR count). The summed E-state index contributed by atoms with van der Waals surface area (Å²) in [6.07, 6.45) is -0.361. The van der Waals surface area contributed by atoms with Crippen molar-refractivity contribution >= 4 is 17.2 Å². The fourth-order valence-corrected chi connectivity index (χ4v) is 11.1. The van der Waals surface area contributed by atoms with E-state index >= 15 is 0 Å². The quantitative estimate of drug-likeness (QED) is 0.0393. The zero-order chi connectivity index (χ0) is 65.0. The molecule has 0 radical (unpaired) electrons. The molecule has 1 unspecified atom stereocenters. The maximum absolute atomic E-state index is 13.6. The summed E-state index contributed by atoms with van der Waals surface area (Å²) in [5.74, 6) is 4.31. The van der Waals surface area contributed by atoms with Crippen molar-refractivity contribution in [2.45, 2.75) is 73.0 Å². The smallest absolute Gasteiger partial charge is 0.426 e. The number of likely N-dealkylation sites (N-methyl/N-ethyl adjacent to an activating group) is 1. The van der Waals surface area contributed by atoms with Crippen LogP contribution in [0.1, 0.15) is 86.1 Å². The third-order valence-corrected chi connectivity index (χ3v) is 15.8. The lowest BCUT2D eigenvalue weighted by Gasteiger charge is -2.20. The van der Waals surface area contributed by atoms with E-state index in [1.165, 1.54) is 23.4 Å². The Balaban J connectivity index is 0.000000164. The summed E-state index contributed by atoms with van der Waals surface area (Å²) in [6.45, 7) is 18.6. The molecule has 10 aromatic rings. The number of amides is 1. The topological polar surface area (TPSA) is 251 Å². The first-order chi connectivity index (χ1) is 44.8. The van der Waals surface area contributed by atoms with Gasteiger partial charge in [0.05, 0.1) is 37.9 Å². The lowest BCUT2D eigenvalue weighted by molar-refractivity contribution is -0.133. The monoisotopic (exact) mass is 1280 g/mol. The number of halogens is 3. The van der Waals surface area contributed by atoms with Crippen LogP contribution in [0.3, 0.4) is 0 Å². The molecule has 482 valence electrons. The molecular formula is C68H73F3N10O10S. The Hall–Kier alpha value is -9.33. The maximum Gasteiger partial charge on any atom is 0.426 e. The SMILES string of the molecule is CCOc1ccc(-c2nc(-c3cccc4c3CCC4NCCN(CC)CC)no2)cc1OCC.CCOc1ccc(-c2nc(-c3ccnc(C(=O)NCCO)c3)no2)cc1OCC.OCCc1ccc(-c2noc(-c3cc(-c4ccccc4)c(C(F)(F)F)s3)n2)cc1. The third-order valence-electron chi connectivity index (χ3n) is 14.6. The molecule has 1 aliphatic rings. The number of carbonyl (C=O) groups excluding carboxylic acids is 1. The van der Waals surface area contributed by atoms with Gasteiger partial charge in [0.2, 0.25) is 17.5 Å². The highest BCUT2D eigenvalue weighted by molar-refractivity contribution is 7.16. The van der Waals surface area contributed by atoms with E-state index in [2.05, 4.69) is 78.0 Å². The number of ether oxygens (including phenoxy) is 4. The number of pyridine rings is 1. The first-order valence-electron chi connectivity index (χ1n) is 30.5. The van der Waals surface area contributed by atoms with Gasteiger partial charge in [-0.25, -0.2) is 0 Å². The molecule has 0 saturated heterocycles. The van der Waals surface area contributed by atoms with Crippen LogP contribution in [0.5, 0.6) is 23.0 Å². The number of aliphatic hydroxyl groups is 2. The van der Waals surface area contributed by atoms with Crippen LogP contribution in [-0.2, 0) is 19.0 Å². The Morgan fingerprint density at radius 2 is 1.20 bits per heavy atom. The molecule has 5 aromatic carbocycles. The second kappa shape index (κ2) is 32.6. The number of carbonyl (C=O) groups is 1. The summed E-state index contributed by atoms with van der Waals surface area (Å²) >= 11 is 0.583. The number of hydrogen-bond acceptors (Lipinski definition) is 20. The first kappa shape index (κ1) is 67.1. The van der Waals surface area contributed by atoms with Crippen molar-refractivity contribution in [1.29, 1.82) is 0 Å². The summed E-state index contributed by atoms with van der Waals surface area (Å²) < 4.78 is 79.6. The molecule has 24 heteroatoms. The summed E-state index contributed by atoms with van der Waals surface area (Å²) in [4.78, 5) is 31.5. The zero-order valence-corrected chi connectivity index (χ0v) is 52.8. The Labute approximate surface area is 534 Å². The van der Waals surface area contributed by atoms with Gasteiger partial charge in [-0.05, 0) is 137 Å². The lowest BCUT2D eigenvalue weighted by Crippen LogP contribution is -2.33. The molecule has 4 N–H and O–H groups in total. The zero-order valence-electron chi connectivity index (χ0n) is 52.0. The second-order valence-electron chi connectivity index (χ2n) is 20.6. The van der Waals surface area contributed by atoms with E-state index < -0.39 is 17.0 Å². The molecule has 1 aliphatic carbocycles. The average molecular weight is 1280 g/mol. The van der Waals surface area contributed by atoms with Gasteiger partial charge in [0.15, 0.2) is 23.0 Å². The summed E-state index contributed by atoms with van der Waals surface area (Å²) in [5, 5.41) is 36.3. The van der Waals surface area contributed by atoms with Crippen LogP contribution in [0.2, 0.25) is 0 Å². The fraction of sp³-hybridized carbons (Fsp3) is 0.324. The molecule has 5 heterocycles. The summed E-state index contributed by atoms with van der Waals surface area (Å²) in [5.41, 5.74) is 8.20. The van der Waals surface area contributed by atoms with E-state index in [1.807, 2.05) is 64.1 Å². The molecule has 0 aliphatic heterocycles. The Morgan fingerprint density at radius 3 is 1.80 bits per heavy atom. The van der Waals surface area contributed by atoms with Gasteiger partial charge < -0.3 is 58.3 Å². The van der Waals surface area contributed by atoms with E-state index in [1.54, 1.807) is 66.7 Å². The lowest BCUT2D eigenvalue weighted by atomic mass is 10.0. The van der Waals surface area contributed by atoms with Crippen LogP contribution in [0.25, 0.3) is 79.0 Å². The van der Waals surface area contributed by atoms with Crippen molar-refractivity contribution < 1.29 is 60.7 Å². The number of rotatable bonds is 26. The highest BCUT2D eigenvalue weighted by Crippen LogP contribution is 2.46. The molecule has 0 bridgehead atoms. The normalized spacial score (nSPS) is 12.6. The second-order valence-corrected chi connectivity index (χ2v) is 21.6. The average Bonchev–Trinajstić information content (AvgIpc) is 1.68. The van der Waals surface area contributed by atoms with Gasteiger partial charge in [-0.1, -0.05) is 102 Å². The minimum Gasteiger partial charge on any atom is -0.490 e. The Kier molecular flexibility index (Phi) is 23.8. The van der Waals surface area contributed by atoms with Gasteiger partial charge in [0, 0.05) is 71.9 Å². The van der Waals surface area contributed by atoms with E-state index in [9.17, 15) is 18.0 Å². The van der Waals surface area contributed by atoms with Gasteiger partial charge in [-0.3, -0.25) is 9.78 Å². The molecule has 0 fully saturated rings. The van der Waals surface area contributed by atoms with E-state index in [-0.39, 0.29) is 41.8 Å². The number of nitrogens with zero attached hydrogens (tertiary/aromatic N) is 8. The van der Waals surface area contributed by atoms with Crippen LogP contribution < -0.4 is 29.6 Å². The number of hydrogen-bond donors (Lipinski definition) is 4. The number of thiophene rings is 1. The summed E-state index contributed by atoms with van der Waals surface area (Å²) in [7, 11) is 0. The standard InChI is InChI=1S/C27H36N4O3.C21H15F3N2O2S.C20H22N4O5/c1-5-31(6-2)17-16-28-23-14-13-20-21(23)10-9-11-22(20)26-29-27(34-30-26)19-12-15-24(32-7-3)25(18-19)33-8-4;22-21(23,24)18-16(14-4-2-1-3-5-14)12-17(29-18)20-25-19(26-28-20)15-8-6-13(7-9-15)10-11-27;1-3-27-16-6-5-14(12-17(16)28-4-2)20-23-18(24-29-20)13-7-8-21-15(11-13)19(26)22-9-10-25/h9-12,15,18,23,28H,5-8,13-14,16-17H2,1-4H3;1-9,12,27H,10-11H2;5-8,11-12,25H,3-4,9-10H2,1-2H3,(H,22,26). The van der Waals surface area contributed by atoms with Crippen LogP contribution in [-0.4, -0.2) is 129 Å². The molecule has 0 saturated carbocycles. The van der Waals surface area contributed by atoms with Crippen molar-refractivity contribution in [2.75, 3.05) is 72.4 Å². The molecule has 92 heavy (non-hydrogen) atoms. The fourth-order valence-electron chi connectivity index (χ4n) is 10.2. The van der Waals surface area contributed by atoms with Gasteiger partial charge >= 0.3 is 6.18 Å². The third kappa shape index (κ3) is 17.0. The van der Waals surface area contributed by atoms with Crippen LogP contribution in [0, 0.1) is 0 Å². The Bertz CT molecular complexity index is 3970. The predicted molar refractivity (Wildman–Crippen MR) is 343 cm³/mol. The van der Waals surface area contributed by atoms with Crippen LogP contribution in [0.15, 0.2) is 147 Å². The number of aliphatic hydroxyl groups excluding tert-OH is 2. The number of nitrogens with one attached hydrogen (secondary N) is 2. The number of alkyl halides is 3. The largest absolute Gasteiger partial charge is 0.490 e. The summed E-state index contributed by atoms with van der Waals surface area (Å²) in [6, 6.07) is 38.2. The minimum absolute atomic E-state index is 0.0390. The van der Waals surface area contributed by atoms with E-state index in [4.69, 9.17) is 47.7 Å². The number of fused-ring (bicyclic) bond motifs is 1. The van der Waals surface area contributed by atoms with Crippen LogP contribution >= 0.6 is 11.3 Å². The van der Waals surface area contributed by atoms with E-state index in [0.717, 1.165) is 55.7 Å². The van der Waals surface area contributed by atoms with Crippen molar-refractivity contribution in [3.8, 4) is 102 Å². The van der Waals surface area contributed by atoms with Crippen molar-refractivity contribution in [1.82, 2.24) is 50.9 Å². The van der Waals surface area contributed by atoms with Crippen LogP contribution in [0.4, 0.5) is 13.2 Å². The van der Waals surface area contributed by atoms with Gasteiger partial charge in [0.25, 0.3) is 23.6 Å². The molecule has 1 amide bonds. The van der Waals surface area contributed by atoms with E-state index in [0.29, 0.717) is 125 Å². The van der Waals surface area contributed by atoms with Gasteiger partial charge in [0.1, 0.15) is 10.6 Å².